The average molecular weight is 337 g/mol. The fraction of sp³-hybridized carbons (Fsp3) is 0.800. The highest BCUT2D eigenvalue weighted by Crippen LogP contribution is 2.45. The Morgan fingerprint density at radius 3 is 2.35 bits per heavy atom. The van der Waals surface area contributed by atoms with Crippen LogP contribution in [0.5, 0.6) is 0 Å². The first-order valence-electron chi connectivity index (χ1n) is 9.71. The zero-order chi connectivity index (χ0) is 17.0. The first kappa shape index (κ1) is 18.8. The third-order valence-corrected chi connectivity index (χ3v) is 10.6. The molecule has 0 radical (unpaired) electrons. The van der Waals surface area contributed by atoms with E-state index in [1.165, 1.54) is 42.3 Å². The first-order valence-corrected chi connectivity index (χ1v) is 12.2. The minimum absolute atomic E-state index is 0.180. The van der Waals surface area contributed by atoms with Gasteiger partial charge in [-0.25, -0.2) is 0 Å². The van der Waals surface area contributed by atoms with Crippen LogP contribution in [0, 0.1) is 11.8 Å². The van der Waals surface area contributed by atoms with Crippen LogP contribution in [-0.2, 0) is 9.16 Å². The topological polar surface area (TPSA) is 18.5 Å². The maximum absolute atomic E-state index is 7.06. The Hall–Kier alpha value is -0.543. The standard InChI is InChI=1S/C20H36O2Si/c1-7-12-18-19(15(5)6)20(16-13-11-14-17(16)21-18)22-23(8-2,9-3)10-4/h7,12,15,18-20H,8-11,13-14H2,1-6H3/b12-7+/t18-,19+,20-/m1/s1. The summed E-state index contributed by atoms with van der Waals surface area (Å²) in [6, 6.07) is 3.66. The second kappa shape index (κ2) is 8.02. The highest BCUT2D eigenvalue weighted by molar-refractivity contribution is 6.73. The summed E-state index contributed by atoms with van der Waals surface area (Å²) in [4.78, 5) is 0. The summed E-state index contributed by atoms with van der Waals surface area (Å²) in [6.07, 6.45) is 8.36. The predicted molar refractivity (Wildman–Crippen MR) is 101 cm³/mol. The molecule has 0 aromatic rings. The van der Waals surface area contributed by atoms with Gasteiger partial charge in [0, 0.05) is 12.3 Å². The van der Waals surface area contributed by atoms with Gasteiger partial charge in [-0.05, 0) is 55.5 Å². The summed E-state index contributed by atoms with van der Waals surface area (Å²) >= 11 is 0. The second-order valence-electron chi connectivity index (χ2n) is 7.51. The monoisotopic (exact) mass is 336 g/mol. The lowest BCUT2D eigenvalue weighted by molar-refractivity contribution is -0.0106. The molecule has 0 amide bonds. The molecule has 23 heavy (non-hydrogen) atoms. The molecule has 0 fully saturated rings. The predicted octanol–water partition coefficient (Wildman–Crippen LogP) is 6.06. The van der Waals surface area contributed by atoms with Gasteiger partial charge in [0.2, 0.25) is 0 Å². The van der Waals surface area contributed by atoms with Crippen LogP contribution in [0.3, 0.4) is 0 Å². The molecule has 0 aromatic heterocycles. The summed E-state index contributed by atoms with van der Waals surface area (Å²) in [5.41, 5.74) is 1.50. The normalized spacial score (nSPS) is 28.6. The lowest BCUT2D eigenvalue weighted by atomic mass is 9.80. The van der Waals surface area contributed by atoms with Crippen molar-refractivity contribution in [3.8, 4) is 0 Å². The van der Waals surface area contributed by atoms with E-state index in [9.17, 15) is 0 Å². The van der Waals surface area contributed by atoms with Crippen molar-refractivity contribution in [1.29, 1.82) is 0 Å². The molecule has 0 saturated heterocycles. The Labute approximate surface area is 144 Å². The van der Waals surface area contributed by atoms with E-state index in [2.05, 4.69) is 53.7 Å². The minimum atomic E-state index is -1.62. The van der Waals surface area contributed by atoms with Crippen LogP contribution in [0.2, 0.25) is 18.1 Å². The van der Waals surface area contributed by atoms with E-state index in [-0.39, 0.29) is 12.2 Å². The highest BCUT2D eigenvalue weighted by atomic mass is 28.4. The summed E-state index contributed by atoms with van der Waals surface area (Å²) in [6.45, 7) is 13.7. The second-order valence-corrected chi connectivity index (χ2v) is 12.2. The van der Waals surface area contributed by atoms with Crippen LogP contribution < -0.4 is 0 Å². The summed E-state index contributed by atoms with van der Waals surface area (Å²) < 4.78 is 13.5. The van der Waals surface area contributed by atoms with Crippen LogP contribution in [0.15, 0.2) is 23.5 Å². The maximum Gasteiger partial charge on any atom is 0.192 e. The molecule has 3 heteroatoms. The minimum Gasteiger partial charge on any atom is -0.490 e. The zero-order valence-corrected chi connectivity index (χ0v) is 17.0. The Morgan fingerprint density at radius 1 is 1.17 bits per heavy atom. The lowest BCUT2D eigenvalue weighted by Gasteiger charge is -2.44. The van der Waals surface area contributed by atoms with Crippen molar-refractivity contribution in [1.82, 2.24) is 0 Å². The molecule has 0 N–H and O–H groups in total. The molecule has 1 aliphatic heterocycles. The molecule has 1 aliphatic carbocycles. The fourth-order valence-electron chi connectivity index (χ4n) is 4.33. The van der Waals surface area contributed by atoms with Gasteiger partial charge in [-0.2, -0.15) is 0 Å². The van der Waals surface area contributed by atoms with E-state index in [1.807, 2.05) is 0 Å². The van der Waals surface area contributed by atoms with Gasteiger partial charge in [0.1, 0.15) is 6.10 Å². The Kier molecular flexibility index (Phi) is 6.55. The number of hydrogen-bond acceptors (Lipinski definition) is 2. The number of rotatable bonds is 7. The van der Waals surface area contributed by atoms with Gasteiger partial charge < -0.3 is 9.16 Å². The van der Waals surface area contributed by atoms with Crippen molar-refractivity contribution in [2.45, 2.75) is 91.1 Å². The molecular formula is C20H36O2Si. The molecule has 0 spiro atoms. The van der Waals surface area contributed by atoms with E-state index in [4.69, 9.17) is 9.16 Å². The summed E-state index contributed by atoms with van der Waals surface area (Å²) in [7, 11) is -1.62. The third-order valence-electron chi connectivity index (χ3n) is 6.02. The molecule has 2 nitrogen and oxygen atoms in total. The van der Waals surface area contributed by atoms with Gasteiger partial charge in [0.25, 0.3) is 0 Å². The molecule has 132 valence electrons. The van der Waals surface area contributed by atoms with E-state index in [0.717, 1.165) is 6.42 Å². The van der Waals surface area contributed by atoms with Crippen LogP contribution in [0.25, 0.3) is 0 Å². The molecule has 0 bridgehead atoms. The smallest absolute Gasteiger partial charge is 0.192 e. The van der Waals surface area contributed by atoms with Crippen LogP contribution in [0.1, 0.15) is 60.8 Å². The zero-order valence-electron chi connectivity index (χ0n) is 16.0. The molecule has 2 aliphatic rings. The van der Waals surface area contributed by atoms with Crippen molar-refractivity contribution in [3.63, 3.8) is 0 Å². The molecule has 0 saturated carbocycles. The van der Waals surface area contributed by atoms with Gasteiger partial charge in [0.05, 0.1) is 11.9 Å². The van der Waals surface area contributed by atoms with Gasteiger partial charge >= 0.3 is 0 Å². The van der Waals surface area contributed by atoms with Crippen molar-refractivity contribution >= 4 is 8.32 Å². The Bertz CT molecular complexity index is 440. The number of hydrogen-bond donors (Lipinski definition) is 0. The number of allylic oxidation sites excluding steroid dienone is 2. The van der Waals surface area contributed by atoms with E-state index < -0.39 is 8.32 Å². The summed E-state index contributed by atoms with van der Waals surface area (Å²) in [5, 5.41) is 0. The molecule has 3 atom stereocenters. The maximum atomic E-state index is 7.06. The SMILES string of the molecule is C/C=C/[C@H]1OC2=C(CCC2)[C@@H](O[Si](CC)(CC)CC)[C@H]1C(C)C. The first-order chi connectivity index (χ1) is 11.0. The van der Waals surface area contributed by atoms with E-state index in [0.29, 0.717) is 11.8 Å². The van der Waals surface area contributed by atoms with Crippen LogP contribution >= 0.6 is 0 Å². The van der Waals surface area contributed by atoms with Crippen molar-refractivity contribution in [2.24, 2.45) is 11.8 Å². The average Bonchev–Trinajstić information content (AvgIpc) is 3.01. The molecule has 0 unspecified atom stereocenters. The Morgan fingerprint density at radius 2 is 1.83 bits per heavy atom. The Balaban J connectivity index is 2.39. The highest BCUT2D eigenvalue weighted by Gasteiger charge is 2.45. The van der Waals surface area contributed by atoms with Gasteiger partial charge in [-0.15, -0.1) is 0 Å². The van der Waals surface area contributed by atoms with E-state index >= 15 is 0 Å². The third kappa shape index (κ3) is 3.76. The molecular weight excluding hydrogens is 300 g/mol. The van der Waals surface area contributed by atoms with Crippen molar-refractivity contribution in [2.75, 3.05) is 0 Å². The summed E-state index contributed by atoms with van der Waals surface area (Å²) in [5.74, 6) is 2.26. The van der Waals surface area contributed by atoms with Gasteiger partial charge in [-0.1, -0.05) is 40.7 Å². The van der Waals surface area contributed by atoms with Gasteiger partial charge in [-0.3, -0.25) is 0 Å². The lowest BCUT2D eigenvalue weighted by Crippen LogP contribution is -2.49. The van der Waals surface area contributed by atoms with Crippen LogP contribution in [-0.4, -0.2) is 20.5 Å². The molecule has 0 aromatic carbocycles. The largest absolute Gasteiger partial charge is 0.490 e. The quantitative estimate of drug-likeness (QED) is 0.415. The van der Waals surface area contributed by atoms with Crippen molar-refractivity contribution < 1.29 is 9.16 Å². The van der Waals surface area contributed by atoms with E-state index in [1.54, 1.807) is 0 Å². The number of ether oxygens (including phenoxy) is 1. The molecule has 1 heterocycles. The molecule has 2 rings (SSSR count). The van der Waals surface area contributed by atoms with Gasteiger partial charge in [0.15, 0.2) is 8.32 Å². The van der Waals surface area contributed by atoms with Crippen LogP contribution in [0.4, 0.5) is 0 Å². The fourth-order valence-corrected chi connectivity index (χ4v) is 7.17. The van der Waals surface area contributed by atoms with Crippen molar-refractivity contribution in [3.05, 3.63) is 23.5 Å².